The third-order valence-electron chi connectivity index (χ3n) is 2.28. The van der Waals surface area contributed by atoms with Gasteiger partial charge in [-0.05, 0) is 31.9 Å². The van der Waals surface area contributed by atoms with Gasteiger partial charge in [-0.3, -0.25) is 4.98 Å². The number of hydrogen-bond acceptors (Lipinski definition) is 4. The minimum atomic E-state index is 0.125. The van der Waals surface area contributed by atoms with Gasteiger partial charge in [0.15, 0.2) is 0 Å². The number of hydrogen-bond donors (Lipinski definition) is 1. The van der Waals surface area contributed by atoms with Crippen molar-refractivity contribution < 1.29 is 4.74 Å². The molecule has 0 spiro atoms. The van der Waals surface area contributed by atoms with Crippen molar-refractivity contribution in [2.24, 2.45) is 5.73 Å². The fourth-order valence-corrected chi connectivity index (χ4v) is 1.44. The molecule has 92 valence electrons. The highest BCUT2D eigenvalue weighted by Crippen LogP contribution is 2.10. The number of ether oxygens (including phenoxy) is 1. The summed E-state index contributed by atoms with van der Waals surface area (Å²) in [7, 11) is 0. The van der Waals surface area contributed by atoms with Crippen LogP contribution in [0.3, 0.4) is 0 Å². The van der Waals surface area contributed by atoms with Gasteiger partial charge in [-0.25, -0.2) is 0 Å². The second-order valence-electron chi connectivity index (χ2n) is 4.13. The molecule has 17 heavy (non-hydrogen) atoms. The van der Waals surface area contributed by atoms with Gasteiger partial charge in [-0.2, -0.15) is 5.26 Å². The van der Waals surface area contributed by atoms with Gasteiger partial charge in [0, 0.05) is 24.6 Å². The van der Waals surface area contributed by atoms with Gasteiger partial charge < -0.3 is 10.5 Å². The molecule has 0 bridgehead atoms. The Labute approximate surface area is 102 Å². The quantitative estimate of drug-likeness (QED) is 0.731. The first-order chi connectivity index (χ1) is 8.22. The Kier molecular flexibility index (Phi) is 6.05. The molecule has 1 aromatic heterocycles. The van der Waals surface area contributed by atoms with E-state index in [-0.39, 0.29) is 6.04 Å². The largest absolute Gasteiger partial charge is 0.492 e. The average Bonchev–Trinajstić information content (AvgIpc) is 2.30. The van der Waals surface area contributed by atoms with E-state index >= 15 is 0 Å². The summed E-state index contributed by atoms with van der Waals surface area (Å²) < 4.78 is 5.51. The van der Waals surface area contributed by atoms with Gasteiger partial charge in [0.25, 0.3) is 0 Å². The van der Waals surface area contributed by atoms with Crippen LogP contribution in [-0.2, 0) is 6.42 Å². The molecule has 2 N–H and O–H groups in total. The van der Waals surface area contributed by atoms with E-state index in [0.717, 1.165) is 30.7 Å². The van der Waals surface area contributed by atoms with Crippen molar-refractivity contribution in [1.82, 2.24) is 4.98 Å². The number of rotatable bonds is 7. The monoisotopic (exact) mass is 233 g/mol. The minimum Gasteiger partial charge on any atom is -0.492 e. The van der Waals surface area contributed by atoms with Crippen molar-refractivity contribution in [1.29, 1.82) is 5.26 Å². The molecule has 0 saturated carbocycles. The van der Waals surface area contributed by atoms with Crippen molar-refractivity contribution in [2.45, 2.75) is 38.6 Å². The van der Waals surface area contributed by atoms with Crippen LogP contribution in [0, 0.1) is 11.3 Å². The maximum Gasteiger partial charge on any atom is 0.137 e. The molecule has 0 fully saturated rings. The first kappa shape index (κ1) is 13.5. The predicted octanol–water partition coefficient (Wildman–Crippen LogP) is 2.04. The fourth-order valence-electron chi connectivity index (χ4n) is 1.44. The van der Waals surface area contributed by atoms with Crippen LogP contribution in [0.2, 0.25) is 0 Å². The first-order valence-corrected chi connectivity index (χ1v) is 5.92. The number of nitrogens with zero attached hydrogens (tertiary/aromatic N) is 2. The lowest BCUT2D eigenvalue weighted by atomic mass is 10.2. The second kappa shape index (κ2) is 7.64. The van der Waals surface area contributed by atoms with Crippen LogP contribution in [-0.4, -0.2) is 17.6 Å². The Bertz CT molecular complexity index is 354. The van der Waals surface area contributed by atoms with E-state index in [1.807, 2.05) is 19.1 Å². The van der Waals surface area contributed by atoms with Crippen LogP contribution < -0.4 is 10.5 Å². The van der Waals surface area contributed by atoms with Gasteiger partial charge >= 0.3 is 0 Å². The average molecular weight is 233 g/mol. The number of nitrogens with two attached hydrogens (primary N) is 1. The van der Waals surface area contributed by atoms with Crippen LogP contribution in [0.25, 0.3) is 0 Å². The molecule has 1 unspecified atom stereocenters. The van der Waals surface area contributed by atoms with Gasteiger partial charge in [0.2, 0.25) is 0 Å². The Morgan fingerprint density at radius 1 is 1.47 bits per heavy atom. The summed E-state index contributed by atoms with van der Waals surface area (Å²) in [6.07, 6.45) is 4.88. The number of nitriles is 1. The fraction of sp³-hybridized carbons (Fsp3) is 0.538. The lowest BCUT2D eigenvalue weighted by molar-refractivity contribution is 0.306. The van der Waals surface area contributed by atoms with E-state index in [9.17, 15) is 0 Å². The zero-order valence-corrected chi connectivity index (χ0v) is 10.2. The van der Waals surface area contributed by atoms with E-state index in [2.05, 4.69) is 11.1 Å². The summed E-state index contributed by atoms with van der Waals surface area (Å²) >= 11 is 0. The van der Waals surface area contributed by atoms with Crippen molar-refractivity contribution in [3.8, 4) is 11.8 Å². The molecule has 0 radical (unpaired) electrons. The number of unbranched alkanes of at least 4 members (excludes halogenated alkanes) is 2. The molecule has 0 aliphatic heterocycles. The van der Waals surface area contributed by atoms with E-state index < -0.39 is 0 Å². The normalized spacial score (nSPS) is 11.8. The zero-order chi connectivity index (χ0) is 12.5. The lowest BCUT2D eigenvalue weighted by Gasteiger charge is -2.07. The van der Waals surface area contributed by atoms with Gasteiger partial charge in [-0.15, -0.1) is 0 Å². The molecule has 4 heteroatoms. The standard InChI is InChI=1S/C13H19N3O/c1-11(15)9-12-5-6-13(10-16-12)17-8-4-2-3-7-14/h5-6,10-11H,2-4,8-9,15H2,1H3. The molecule has 0 aliphatic carbocycles. The summed E-state index contributed by atoms with van der Waals surface area (Å²) in [6.45, 7) is 2.59. The number of pyridine rings is 1. The molecule has 1 rings (SSSR count). The molecule has 1 atom stereocenters. The van der Waals surface area contributed by atoms with Crippen molar-refractivity contribution in [3.63, 3.8) is 0 Å². The highest BCUT2D eigenvalue weighted by molar-refractivity contribution is 5.20. The van der Waals surface area contributed by atoms with Gasteiger partial charge in [0.1, 0.15) is 5.75 Å². The topological polar surface area (TPSA) is 71.9 Å². The highest BCUT2D eigenvalue weighted by atomic mass is 16.5. The summed E-state index contributed by atoms with van der Waals surface area (Å²) in [4.78, 5) is 4.28. The van der Waals surface area contributed by atoms with Crippen LogP contribution in [0.1, 0.15) is 31.9 Å². The van der Waals surface area contributed by atoms with E-state index in [1.165, 1.54) is 0 Å². The third-order valence-corrected chi connectivity index (χ3v) is 2.28. The molecule has 1 heterocycles. The molecule has 4 nitrogen and oxygen atoms in total. The van der Waals surface area contributed by atoms with Crippen LogP contribution in [0.5, 0.6) is 5.75 Å². The Morgan fingerprint density at radius 3 is 2.88 bits per heavy atom. The maximum absolute atomic E-state index is 8.37. The van der Waals surface area contributed by atoms with Gasteiger partial charge in [-0.1, -0.05) is 0 Å². The molecule has 0 saturated heterocycles. The van der Waals surface area contributed by atoms with E-state index in [1.54, 1.807) is 6.20 Å². The smallest absolute Gasteiger partial charge is 0.137 e. The molecule has 0 aromatic carbocycles. The second-order valence-corrected chi connectivity index (χ2v) is 4.13. The highest BCUT2D eigenvalue weighted by Gasteiger charge is 2.00. The van der Waals surface area contributed by atoms with Crippen molar-refractivity contribution >= 4 is 0 Å². The number of aromatic nitrogens is 1. The summed E-state index contributed by atoms with van der Waals surface area (Å²) in [5, 5.41) is 8.37. The van der Waals surface area contributed by atoms with Crippen LogP contribution in [0.4, 0.5) is 0 Å². The van der Waals surface area contributed by atoms with E-state index in [4.69, 9.17) is 15.7 Å². The third kappa shape index (κ3) is 5.88. The summed E-state index contributed by atoms with van der Waals surface area (Å²) in [5.74, 6) is 0.774. The minimum absolute atomic E-state index is 0.125. The molecular weight excluding hydrogens is 214 g/mol. The lowest BCUT2D eigenvalue weighted by Crippen LogP contribution is -2.18. The first-order valence-electron chi connectivity index (χ1n) is 5.92. The molecular formula is C13H19N3O. The molecule has 1 aromatic rings. The Morgan fingerprint density at radius 2 is 2.29 bits per heavy atom. The Balaban J connectivity index is 2.28. The van der Waals surface area contributed by atoms with Crippen molar-refractivity contribution in [2.75, 3.05) is 6.61 Å². The summed E-state index contributed by atoms with van der Waals surface area (Å²) in [5.41, 5.74) is 6.67. The zero-order valence-electron chi connectivity index (χ0n) is 10.2. The van der Waals surface area contributed by atoms with Crippen LogP contribution in [0.15, 0.2) is 18.3 Å². The van der Waals surface area contributed by atoms with Gasteiger partial charge in [0.05, 0.1) is 18.9 Å². The SMILES string of the molecule is CC(N)Cc1ccc(OCCCCC#N)cn1. The van der Waals surface area contributed by atoms with E-state index in [0.29, 0.717) is 13.0 Å². The molecule has 0 amide bonds. The van der Waals surface area contributed by atoms with Crippen LogP contribution >= 0.6 is 0 Å². The van der Waals surface area contributed by atoms with Crippen molar-refractivity contribution in [3.05, 3.63) is 24.0 Å². The Hall–Kier alpha value is -1.60. The molecule has 0 aliphatic rings. The summed E-state index contributed by atoms with van der Waals surface area (Å²) in [6, 6.07) is 6.09. The maximum atomic E-state index is 8.37. The predicted molar refractivity (Wildman–Crippen MR) is 66.5 cm³/mol.